The van der Waals surface area contributed by atoms with Crippen molar-refractivity contribution in [3.8, 4) is 0 Å². The van der Waals surface area contributed by atoms with Gasteiger partial charge in [-0.25, -0.2) is 0 Å². The van der Waals surface area contributed by atoms with Crippen molar-refractivity contribution in [3.05, 3.63) is 0 Å². The van der Waals surface area contributed by atoms with E-state index >= 15 is 0 Å². The van der Waals surface area contributed by atoms with Gasteiger partial charge in [0.15, 0.2) is 0 Å². The normalized spacial score (nSPS) is 29.3. The summed E-state index contributed by atoms with van der Waals surface area (Å²) in [5.41, 5.74) is 5.33. The maximum Gasteiger partial charge on any atom is 0.243 e. The van der Waals surface area contributed by atoms with Crippen molar-refractivity contribution in [1.29, 1.82) is 0 Å². The zero-order valence-electron chi connectivity index (χ0n) is 18.0. The lowest BCUT2D eigenvalue weighted by Crippen LogP contribution is -2.76. The van der Waals surface area contributed by atoms with Crippen LogP contribution in [0.4, 0.5) is 0 Å². The Morgan fingerprint density at radius 3 is 2.07 bits per heavy atom. The van der Waals surface area contributed by atoms with Crippen molar-refractivity contribution in [3.63, 3.8) is 0 Å². The van der Waals surface area contributed by atoms with E-state index in [2.05, 4.69) is 4.90 Å². The topological polar surface area (TPSA) is 79.1 Å². The highest BCUT2D eigenvalue weighted by Crippen LogP contribution is 2.50. The molecule has 0 aromatic heterocycles. The van der Waals surface area contributed by atoms with Crippen molar-refractivity contribution in [1.82, 2.24) is 14.7 Å². The second kappa shape index (κ2) is 10.6. The van der Waals surface area contributed by atoms with Gasteiger partial charge in [-0.05, 0) is 26.2 Å². The first-order valence-corrected chi connectivity index (χ1v) is 10.5. The molecule has 3 fully saturated rings. The van der Waals surface area contributed by atoms with Gasteiger partial charge in [-0.15, -0.1) is 24.8 Å². The van der Waals surface area contributed by atoms with Crippen LogP contribution in [-0.2, 0) is 14.3 Å². The monoisotopic (exact) mass is 452 g/mol. The molecule has 3 rings (SSSR count). The highest BCUT2D eigenvalue weighted by molar-refractivity contribution is 5.89. The number of nitrogens with two attached hydrogens (primary N) is 1. The van der Waals surface area contributed by atoms with E-state index < -0.39 is 5.54 Å². The number of piperazine rings is 1. The molecule has 0 spiro atoms. The minimum Gasteiger partial charge on any atom is -0.378 e. The third kappa shape index (κ3) is 5.18. The molecule has 2 aliphatic heterocycles. The van der Waals surface area contributed by atoms with Crippen LogP contribution in [0.5, 0.6) is 0 Å². The number of hydrogen-bond donors (Lipinski definition) is 1. The zero-order valence-corrected chi connectivity index (χ0v) is 19.7. The molecular formula is C20H38Cl2N4O3. The van der Waals surface area contributed by atoms with Crippen LogP contribution in [0.15, 0.2) is 0 Å². The molecule has 9 heteroatoms. The van der Waals surface area contributed by atoms with Crippen molar-refractivity contribution in [2.75, 3.05) is 52.4 Å². The number of hydrogen-bond acceptors (Lipinski definition) is 5. The Balaban J connectivity index is 0.00000210. The molecule has 2 saturated heterocycles. The van der Waals surface area contributed by atoms with Crippen LogP contribution in [-0.4, -0.2) is 90.6 Å². The predicted molar refractivity (Wildman–Crippen MR) is 119 cm³/mol. The van der Waals surface area contributed by atoms with E-state index in [0.717, 1.165) is 39.0 Å². The first-order valence-electron chi connectivity index (χ1n) is 10.5. The van der Waals surface area contributed by atoms with Gasteiger partial charge in [0.25, 0.3) is 0 Å². The molecule has 2 heterocycles. The average molecular weight is 453 g/mol. The first-order chi connectivity index (χ1) is 12.8. The highest BCUT2D eigenvalue weighted by Gasteiger charge is 2.63. The van der Waals surface area contributed by atoms with Crippen LogP contribution < -0.4 is 5.73 Å². The van der Waals surface area contributed by atoms with Crippen LogP contribution in [0.2, 0.25) is 0 Å². The van der Waals surface area contributed by atoms with E-state index in [-0.39, 0.29) is 48.1 Å². The fourth-order valence-corrected chi connectivity index (χ4v) is 4.62. The third-order valence-corrected chi connectivity index (χ3v) is 6.94. The summed E-state index contributed by atoms with van der Waals surface area (Å²) in [6, 6.07) is 0. The third-order valence-electron chi connectivity index (χ3n) is 6.94. The second-order valence-electron chi connectivity index (χ2n) is 8.85. The number of rotatable bonds is 5. The summed E-state index contributed by atoms with van der Waals surface area (Å²) >= 11 is 0. The molecule has 2 unspecified atom stereocenters. The Morgan fingerprint density at radius 1 is 0.966 bits per heavy atom. The van der Waals surface area contributed by atoms with Crippen molar-refractivity contribution in [2.45, 2.75) is 58.1 Å². The molecule has 3 aliphatic rings. The van der Waals surface area contributed by atoms with E-state index in [9.17, 15) is 9.59 Å². The number of ether oxygens (including phenoxy) is 1. The number of carbonyl (C=O) groups is 2. The van der Waals surface area contributed by atoms with E-state index in [1.165, 1.54) is 6.42 Å². The molecule has 1 saturated carbocycles. The summed E-state index contributed by atoms with van der Waals surface area (Å²) in [7, 11) is 0. The van der Waals surface area contributed by atoms with Gasteiger partial charge in [0, 0.05) is 57.7 Å². The van der Waals surface area contributed by atoms with Gasteiger partial charge in [-0.3, -0.25) is 14.5 Å². The Bertz CT molecular complexity index is 564. The Labute approximate surface area is 187 Å². The van der Waals surface area contributed by atoms with E-state index in [1.54, 1.807) is 0 Å². The Morgan fingerprint density at radius 2 is 1.55 bits per heavy atom. The lowest BCUT2D eigenvalue weighted by Gasteiger charge is -2.59. The number of nitrogens with zero attached hydrogens (tertiary/aromatic N) is 3. The number of halogens is 2. The minimum absolute atomic E-state index is 0. The van der Waals surface area contributed by atoms with Crippen LogP contribution in [0, 0.1) is 5.41 Å². The lowest BCUT2D eigenvalue weighted by molar-refractivity contribution is -0.180. The van der Waals surface area contributed by atoms with Crippen molar-refractivity contribution >= 4 is 36.6 Å². The molecule has 2 atom stereocenters. The highest BCUT2D eigenvalue weighted by atomic mass is 35.5. The Hall–Kier alpha value is -0.600. The Kier molecular flexibility index (Phi) is 9.68. The smallest absolute Gasteiger partial charge is 0.243 e. The molecular weight excluding hydrogens is 415 g/mol. The van der Waals surface area contributed by atoms with Gasteiger partial charge >= 0.3 is 0 Å². The summed E-state index contributed by atoms with van der Waals surface area (Å²) in [6.07, 6.45) is 4.09. The van der Waals surface area contributed by atoms with Gasteiger partial charge in [-0.1, -0.05) is 13.8 Å². The van der Waals surface area contributed by atoms with Crippen LogP contribution in [0.25, 0.3) is 0 Å². The second-order valence-corrected chi connectivity index (χ2v) is 8.85. The molecule has 2 N–H and O–H groups in total. The largest absolute Gasteiger partial charge is 0.378 e. The maximum atomic E-state index is 13.1. The molecule has 1 aliphatic carbocycles. The van der Waals surface area contributed by atoms with Gasteiger partial charge in [0.2, 0.25) is 11.8 Å². The van der Waals surface area contributed by atoms with E-state index in [4.69, 9.17) is 10.5 Å². The first kappa shape index (κ1) is 26.4. The molecule has 29 heavy (non-hydrogen) atoms. The van der Waals surface area contributed by atoms with Crippen molar-refractivity contribution < 1.29 is 14.3 Å². The fourth-order valence-electron chi connectivity index (χ4n) is 4.62. The van der Waals surface area contributed by atoms with Gasteiger partial charge in [0.1, 0.15) is 5.54 Å². The quantitative estimate of drug-likeness (QED) is 0.683. The number of piperidine rings is 1. The molecule has 170 valence electrons. The molecule has 0 bridgehead atoms. The summed E-state index contributed by atoms with van der Waals surface area (Å²) in [6.45, 7) is 11.7. The SMILES string of the molecule is CCOC1CC(N)(C(=O)N2CCN(CC(=O)N3CCCCC3)CC2)C1(C)C.Cl.Cl. The zero-order chi connectivity index (χ0) is 19.7. The molecule has 0 aromatic carbocycles. The molecule has 2 amide bonds. The number of amides is 2. The molecule has 0 radical (unpaired) electrons. The molecule has 0 aromatic rings. The van der Waals surface area contributed by atoms with Crippen LogP contribution in [0.3, 0.4) is 0 Å². The predicted octanol–water partition coefficient (Wildman–Crippen LogP) is 1.52. The lowest BCUT2D eigenvalue weighted by atomic mass is 9.54. The fraction of sp³-hybridized carbons (Fsp3) is 0.900. The summed E-state index contributed by atoms with van der Waals surface area (Å²) in [5, 5.41) is 0. The number of carbonyl (C=O) groups excluding carboxylic acids is 2. The van der Waals surface area contributed by atoms with Crippen LogP contribution in [0.1, 0.15) is 46.5 Å². The summed E-state index contributed by atoms with van der Waals surface area (Å²) in [4.78, 5) is 31.6. The average Bonchev–Trinajstić information content (AvgIpc) is 2.68. The van der Waals surface area contributed by atoms with Gasteiger partial charge in [0.05, 0.1) is 12.6 Å². The minimum atomic E-state index is -0.849. The van der Waals surface area contributed by atoms with Gasteiger partial charge in [-0.2, -0.15) is 0 Å². The molecule has 7 nitrogen and oxygen atoms in total. The van der Waals surface area contributed by atoms with Crippen molar-refractivity contribution in [2.24, 2.45) is 11.1 Å². The summed E-state index contributed by atoms with van der Waals surface area (Å²) in [5.74, 6) is 0.259. The number of likely N-dealkylation sites (tertiary alicyclic amines) is 1. The van der Waals surface area contributed by atoms with Gasteiger partial charge < -0.3 is 20.3 Å². The standard InChI is InChI=1S/C20H36N4O3.2ClH/c1-4-27-16-14-20(21,19(16,2)3)18(26)24-12-10-22(11-13-24)15-17(25)23-8-6-5-7-9-23;;/h16H,4-15,21H2,1-3H3;2*1H. The van der Waals surface area contributed by atoms with E-state index in [0.29, 0.717) is 32.7 Å². The summed E-state index contributed by atoms with van der Waals surface area (Å²) < 4.78 is 5.74. The van der Waals surface area contributed by atoms with Crippen LogP contribution >= 0.6 is 24.8 Å². The maximum absolute atomic E-state index is 13.1. The van der Waals surface area contributed by atoms with E-state index in [1.807, 2.05) is 30.6 Å².